The van der Waals surface area contributed by atoms with Gasteiger partial charge in [0.2, 0.25) is 5.78 Å². The molecule has 0 fully saturated rings. The predicted molar refractivity (Wildman–Crippen MR) is 80.2 cm³/mol. The summed E-state index contributed by atoms with van der Waals surface area (Å²) >= 11 is 0. The smallest absolute Gasteiger partial charge is 0.203 e. The van der Waals surface area contributed by atoms with Crippen LogP contribution in [0.25, 0.3) is 6.08 Å². The molecule has 2 nitrogen and oxygen atoms in total. The molecule has 2 rings (SSSR count). The van der Waals surface area contributed by atoms with Crippen molar-refractivity contribution >= 4 is 11.9 Å². The van der Waals surface area contributed by atoms with Gasteiger partial charge in [-0.3, -0.25) is 4.79 Å². The first-order chi connectivity index (χ1) is 10.0. The lowest BCUT2D eigenvalue weighted by atomic mass is 9.99. The molecule has 104 valence electrons. The van der Waals surface area contributed by atoms with Gasteiger partial charge in [-0.05, 0) is 55.3 Å². The second-order valence-electron chi connectivity index (χ2n) is 4.87. The molecule has 0 saturated heterocycles. The molecule has 0 aliphatic carbocycles. The largest absolute Gasteiger partial charge is 0.288 e. The normalized spacial score (nSPS) is 11.0. The van der Waals surface area contributed by atoms with Crippen LogP contribution in [0, 0.1) is 31.0 Å². The third kappa shape index (κ3) is 3.43. The Hall–Kier alpha value is -2.73. The molecule has 0 amide bonds. The Morgan fingerprint density at radius 2 is 1.81 bits per heavy atom. The van der Waals surface area contributed by atoms with E-state index in [-0.39, 0.29) is 5.57 Å². The second-order valence-corrected chi connectivity index (χ2v) is 4.87. The summed E-state index contributed by atoms with van der Waals surface area (Å²) in [5.41, 5.74) is 3.28. The van der Waals surface area contributed by atoms with E-state index in [0.717, 1.165) is 16.7 Å². The number of benzene rings is 2. The van der Waals surface area contributed by atoms with E-state index >= 15 is 0 Å². The Labute approximate surface area is 123 Å². The van der Waals surface area contributed by atoms with Gasteiger partial charge in [-0.1, -0.05) is 23.8 Å². The quantitative estimate of drug-likeness (QED) is 0.479. The summed E-state index contributed by atoms with van der Waals surface area (Å²) in [6, 6.07) is 12.9. The maximum Gasteiger partial charge on any atom is 0.203 e. The average molecular weight is 279 g/mol. The molecule has 21 heavy (non-hydrogen) atoms. The number of hydrogen-bond acceptors (Lipinski definition) is 2. The van der Waals surface area contributed by atoms with Gasteiger partial charge in [-0.2, -0.15) is 5.26 Å². The Kier molecular flexibility index (Phi) is 4.30. The lowest BCUT2D eigenvalue weighted by molar-refractivity contribution is 0.104. The molecule has 3 heteroatoms. The monoisotopic (exact) mass is 279 g/mol. The molecule has 2 aromatic carbocycles. The number of hydrogen-bond donors (Lipinski definition) is 0. The van der Waals surface area contributed by atoms with Crippen LogP contribution in [0.5, 0.6) is 0 Å². The summed E-state index contributed by atoms with van der Waals surface area (Å²) in [4.78, 5) is 12.3. The van der Waals surface area contributed by atoms with E-state index < -0.39 is 11.6 Å². The van der Waals surface area contributed by atoms with Crippen molar-refractivity contribution in [1.82, 2.24) is 0 Å². The molecule has 0 saturated carbocycles. The minimum absolute atomic E-state index is 0.0357. The van der Waals surface area contributed by atoms with Crippen LogP contribution in [0.2, 0.25) is 0 Å². The van der Waals surface area contributed by atoms with Crippen molar-refractivity contribution in [3.8, 4) is 6.07 Å². The second kappa shape index (κ2) is 6.15. The van der Waals surface area contributed by atoms with Crippen molar-refractivity contribution in [3.05, 3.63) is 76.1 Å². The fourth-order valence-electron chi connectivity index (χ4n) is 2.05. The molecule has 0 aliphatic rings. The van der Waals surface area contributed by atoms with Gasteiger partial charge in [-0.15, -0.1) is 0 Å². The molecule has 0 spiro atoms. The molecule has 0 atom stereocenters. The minimum atomic E-state index is -0.414. The van der Waals surface area contributed by atoms with Gasteiger partial charge in [-0.25, -0.2) is 4.39 Å². The standard InChI is InChI=1S/C18H14FNO/c1-12-3-4-15(13(2)9-12)10-16(11-20)18(21)14-5-7-17(19)8-6-14/h3-10H,1-2H3/b16-10+. The summed E-state index contributed by atoms with van der Waals surface area (Å²) in [6.45, 7) is 3.91. The number of halogens is 1. The van der Waals surface area contributed by atoms with Gasteiger partial charge >= 0.3 is 0 Å². The maximum atomic E-state index is 12.9. The van der Waals surface area contributed by atoms with E-state index in [1.807, 2.05) is 38.1 Å². The zero-order valence-electron chi connectivity index (χ0n) is 11.9. The number of Topliss-reactive ketones (excluding diaryl/α,β-unsaturated/α-hetero) is 1. The van der Waals surface area contributed by atoms with Gasteiger partial charge in [0.15, 0.2) is 0 Å². The van der Waals surface area contributed by atoms with Crippen molar-refractivity contribution in [2.24, 2.45) is 0 Å². The molecule has 0 aliphatic heterocycles. The topological polar surface area (TPSA) is 40.9 Å². The summed E-state index contributed by atoms with van der Waals surface area (Å²) in [5, 5.41) is 9.21. The number of carbonyl (C=O) groups excluding carboxylic acids is 1. The molecular formula is C18H14FNO. The highest BCUT2D eigenvalue weighted by Crippen LogP contribution is 2.17. The van der Waals surface area contributed by atoms with Gasteiger partial charge in [0, 0.05) is 5.56 Å². The van der Waals surface area contributed by atoms with Crippen LogP contribution in [0.3, 0.4) is 0 Å². The molecular weight excluding hydrogens is 265 g/mol. The highest BCUT2D eigenvalue weighted by Gasteiger charge is 2.12. The fourth-order valence-corrected chi connectivity index (χ4v) is 2.05. The van der Waals surface area contributed by atoms with Crippen LogP contribution in [0.1, 0.15) is 27.0 Å². The van der Waals surface area contributed by atoms with E-state index in [1.54, 1.807) is 6.08 Å². The molecule has 0 bridgehead atoms. The first-order valence-corrected chi connectivity index (χ1v) is 6.50. The van der Waals surface area contributed by atoms with Crippen molar-refractivity contribution < 1.29 is 9.18 Å². The maximum absolute atomic E-state index is 12.9. The number of aryl methyl sites for hydroxylation is 2. The van der Waals surface area contributed by atoms with E-state index in [0.29, 0.717) is 5.56 Å². The Balaban J connectivity index is 2.39. The summed E-state index contributed by atoms with van der Waals surface area (Å²) in [7, 11) is 0. The fraction of sp³-hybridized carbons (Fsp3) is 0.111. The van der Waals surface area contributed by atoms with Gasteiger partial charge in [0.1, 0.15) is 17.5 Å². The molecule has 0 heterocycles. The third-order valence-corrected chi connectivity index (χ3v) is 3.20. The minimum Gasteiger partial charge on any atom is -0.288 e. The number of carbonyl (C=O) groups is 1. The number of allylic oxidation sites excluding steroid dienone is 1. The molecule has 0 aromatic heterocycles. The SMILES string of the molecule is Cc1ccc(/C=C(\C#N)C(=O)c2ccc(F)cc2)c(C)c1. The van der Waals surface area contributed by atoms with Crippen molar-refractivity contribution in [2.45, 2.75) is 13.8 Å². The van der Waals surface area contributed by atoms with Crippen LogP contribution < -0.4 is 0 Å². The van der Waals surface area contributed by atoms with Crippen molar-refractivity contribution in [1.29, 1.82) is 5.26 Å². The first kappa shape index (κ1) is 14.7. The number of nitrogens with zero attached hydrogens (tertiary/aromatic N) is 1. The Morgan fingerprint density at radius 1 is 1.14 bits per heavy atom. The zero-order valence-corrected chi connectivity index (χ0v) is 11.9. The van der Waals surface area contributed by atoms with E-state index in [9.17, 15) is 14.4 Å². The van der Waals surface area contributed by atoms with Crippen molar-refractivity contribution in [2.75, 3.05) is 0 Å². The van der Waals surface area contributed by atoms with Crippen LogP contribution in [-0.2, 0) is 0 Å². The third-order valence-electron chi connectivity index (χ3n) is 3.20. The molecule has 0 radical (unpaired) electrons. The first-order valence-electron chi connectivity index (χ1n) is 6.50. The van der Waals surface area contributed by atoms with Gasteiger partial charge < -0.3 is 0 Å². The summed E-state index contributed by atoms with van der Waals surface area (Å²) in [5.74, 6) is -0.819. The van der Waals surface area contributed by atoms with E-state index in [1.165, 1.54) is 24.3 Å². The predicted octanol–water partition coefficient (Wildman–Crippen LogP) is 4.23. The van der Waals surface area contributed by atoms with E-state index in [2.05, 4.69) is 0 Å². The Morgan fingerprint density at radius 3 is 2.38 bits per heavy atom. The molecule has 2 aromatic rings. The number of nitriles is 1. The van der Waals surface area contributed by atoms with Crippen LogP contribution in [-0.4, -0.2) is 5.78 Å². The average Bonchev–Trinajstić information content (AvgIpc) is 2.47. The zero-order chi connectivity index (χ0) is 15.4. The van der Waals surface area contributed by atoms with Crippen LogP contribution in [0.15, 0.2) is 48.0 Å². The molecule has 0 N–H and O–H groups in total. The lowest BCUT2D eigenvalue weighted by Crippen LogP contribution is -2.02. The van der Waals surface area contributed by atoms with Crippen molar-refractivity contribution in [3.63, 3.8) is 0 Å². The highest BCUT2D eigenvalue weighted by molar-refractivity contribution is 6.14. The number of ketones is 1. The molecule has 0 unspecified atom stereocenters. The van der Waals surface area contributed by atoms with Crippen LogP contribution in [0.4, 0.5) is 4.39 Å². The van der Waals surface area contributed by atoms with Crippen LogP contribution >= 0.6 is 0 Å². The number of rotatable bonds is 3. The Bertz CT molecular complexity index is 752. The highest BCUT2D eigenvalue weighted by atomic mass is 19.1. The summed E-state index contributed by atoms with van der Waals surface area (Å²) < 4.78 is 12.9. The summed E-state index contributed by atoms with van der Waals surface area (Å²) in [6.07, 6.45) is 1.57. The van der Waals surface area contributed by atoms with Gasteiger partial charge in [0.05, 0.1) is 0 Å². The lowest BCUT2D eigenvalue weighted by Gasteiger charge is -2.04. The van der Waals surface area contributed by atoms with Gasteiger partial charge in [0.25, 0.3) is 0 Å². The van der Waals surface area contributed by atoms with E-state index in [4.69, 9.17) is 0 Å².